The van der Waals surface area contributed by atoms with Gasteiger partial charge in [0.15, 0.2) is 0 Å². The topological polar surface area (TPSA) is 47.6 Å². The van der Waals surface area contributed by atoms with E-state index in [1.165, 1.54) is 7.11 Å². The lowest BCUT2D eigenvalue weighted by atomic mass is 10.3. The third-order valence-electron chi connectivity index (χ3n) is 1.68. The van der Waals surface area contributed by atoms with Gasteiger partial charge >= 0.3 is 12.1 Å². The summed E-state index contributed by atoms with van der Waals surface area (Å²) in [4.78, 5) is 11.1. The number of hydrogen-bond donors (Lipinski definition) is 1. The summed E-state index contributed by atoms with van der Waals surface area (Å²) in [5.41, 5.74) is 0. The van der Waals surface area contributed by atoms with Gasteiger partial charge in [0.2, 0.25) is 0 Å². The Labute approximate surface area is 92.1 Å². The number of rotatable bonds is 7. The third-order valence-corrected chi connectivity index (χ3v) is 1.68. The normalized spacial score (nSPS) is 13.6. The molecule has 0 aromatic heterocycles. The second-order valence-electron chi connectivity index (χ2n) is 3.16. The Morgan fingerprint density at radius 2 is 2.06 bits per heavy atom. The Hall–Kier alpha value is -0.820. The fourth-order valence-electron chi connectivity index (χ4n) is 0.964. The molecule has 1 atom stereocenters. The third kappa shape index (κ3) is 7.47. The lowest BCUT2D eigenvalue weighted by Gasteiger charge is -2.16. The minimum absolute atomic E-state index is 0.355. The van der Waals surface area contributed by atoms with Gasteiger partial charge in [-0.3, -0.25) is 4.79 Å². The number of nitrogens with one attached hydrogen (secondary N) is 1. The first-order chi connectivity index (χ1) is 7.40. The lowest BCUT2D eigenvalue weighted by Crippen LogP contribution is -2.42. The number of methoxy groups -OCH3 is 1. The van der Waals surface area contributed by atoms with Crippen LogP contribution in [0.5, 0.6) is 0 Å². The van der Waals surface area contributed by atoms with Crippen LogP contribution in [0.4, 0.5) is 13.2 Å². The fourth-order valence-corrected chi connectivity index (χ4v) is 0.964. The Morgan fingerprint density at radius 3 is 2.50 bits per heavy atom. The van der Waals surface area contributed by atoms with Crippen molar-refractivity contribution in [1.82, 2.24) is 5.32 Å². The average Bonchev–Trinajstić information content (AvgIpc) is 2.20. The molecular formula is C9H16F3NO3. The van der Waals surface area contributed by atoms with E-state index in [-0.39, 0.29) is 6.61 Å². The zero-order chi connectivity index (χ0) is 12.6. The summed E-state index contributed by atoms with van der Waals surface area (Å²) in [6, 6.07) is -0.854. The molecule has 1 N–H and O–H groups in total. The van der Waals surface area contributed by atoms with E-state index in [4.69, 9.17) is 0 Å². The van der Waals surface area contributed by atoms with Crippen LogP contribution in [0.15, 0.2) is 0 Å². The predicted octanol–water partition coefficient (Wildman–Crippen LogP) is 1.11. The summed E-state index contributed by atoms with van der Waals surface area (Å²) in [6.45, 7) is 0.660. The van der Waals surface area contributed by atoms with E-state index in [1.54, 1.807) is 0 Å². The standard InChI is InChI=1S/C9H16F3NO3/c1-3-4-13-7(8(14)15-2)5-16-6-9(10,11)12/h7,13H,3-6H2,1-2H3. The van der Waals surface area contributed by atoms with Gasteiger partial charge in [0, 0.05) is 0 Å². The van der Waals surface area contributed by atoms with Crippen molar-refractivity contribution < 1.29 is 27.4 Å². The molecule has 0 heterocycles. The first-order valence-corrected chi connectivity index (χ1v) is 4.86. The van der Waals surface area contributed by atoms with Crippen molar-refractivity contribution in [2.45, 2.75) is 25.6 Å². The Balaban J connectivity index is 3.96. The van der Waals surface area contributed by atoms with Crippen molar-refractivity contribution in [2.75, 3.05) is 26.9 Å². The minimum Gasteiger partial charge on any atom is -0.468 e. The van der Waals surface area contributed by atoms with Gasteiger partial charge in [0.1, 0.15) is 12.6 Å². The molecule has 0 aromatic rings. The number of halogens is 3. The highest BCUT2D eigenvalue weighted by atomic mass is 19.4. The molecule has 0 fully saturated rings. The van der Waals surface area contributed by atoms with Crippen LogP contribution in [0, 0.1) is 0 Å². The summed E-state index contributed by atoms with van der Waals surface area (Å²) < 4.78 is 44.2. The molecule has 7 heteroatoms. The molecule has 1 unspecified atom stereocenters. The van der Waals surface area contributed by atoms with E-state index in [1.807, 2.05) is 6.92 Å². The quantitative estimate of drug-likeness (QED) is 0.680. The number of hydrogen-bond acceptors (Lipinski definition) is 4. The fraction of sp³-hybridized carbons (Fsp3) is 0.889. The van der Waals surface area contributed by atoms with Crippen LogP contribution < -0.4 is 5.32 Å². The van der Waals surface area contributed by atoms with E-state index in [2.05, 4.69) is 14.8 Å². The predicted molar refractivity (Wildman–Crippen MR) is 51.0 cm³/mol. The van der Waals surface area contributed by atoms with Crippen LogP contribution in [0.1, 0.15) is 13.3 Å². The van der Waals surface area contributed by atoms with Gasteiger partial charge in [-0.05, 0) is 13.0 Å². The van der Waals surface area contributed by atoms with Gasteiger partial charge < -0.3 is 14.8 Å². The molecular weight excluding hydrogens is 227 g/mol. The largest absolute Gasteiger partial charge is 0.468 e. The highest BCUT2D eigenvalue weighted by molar-refractivity contribution is 5.75. The smallest absolute Gasteiger partial charge is 0.411 e. The van der Waals surface area contributed by atoms with Crippen LogP contribution >= 0.6 is 0 Å². The maximum absolute atomic E-state index is 11.8. The number of ether oxygens (including phenoxy) is 2. The van der Waals surface area contributed by atoms with Crippen LogP contribution in [-0.2, 0) is 14.3 Å². The zero-order valence-corrected chi connectivity index (χ0v) is 9.26. The van der Waals surface area contributed by atoms with Crippen molar-refractivity contribution in [3.8, 4) is 0 Å². The minimum atomic E-state index is -4.38. The van der Waals surface area contributed by atoms with Gasteiger partial charge in [0.25, 0.3) is 0 Å². The zero-order valence-electron chi connectivity index (χ0n) is 9.26. The molecule has 0 radical (unpaired) electrons. The van der Waals surface area contributed by atoms with Gasteiger partial charge in [-0.15, -0.1) is 0 Å². The summed E-state index contributed by atoms with van der Waals surface area (Å²) in [5, 5.41) is 2.74. The molecule has 0 spiro atoms. The highest BCUT2D eigenvalue weighted by Gasteiger charge is 2.29. The second-order valence-corrected chi connectivity index (χ2v) is 3.16. The second kappa shape index (κ2) is 7.45. The molecule has 96 valence electrons. The maximum atomic E-state index is 11.8. The summed E-state index contributed by atoms with van der Waals surface area (Å²) in [7, 11) is 1.17. The Kier molecular flexibility index (Phi) is 7.07. The molecule has 0 saturated heterocycles. The van der Waals surface area contributed by atoms with Crippen molar-refractivity contribution in [3.05, 3.63) is 0 Å². The van der Waals surface area contributed by atoms with Crippen LogP contribution in [0.25, 0.3) is 0 Å². The highest BCUT2D eigenvalue weighted by Crippen LogP contribution is 2.14. The van der Waals surface area contributed by atoms with Gasteiger partial charge in [0.05, 0.1) is 13.7 Å². The molecule has 0 rings (SSSR count). The van der Waals surface area contributed by atoms with Gasteiger partial charge in [-0.25, -0.2) is 0 Å². The molecule has 0 saturated carbocycles. The molecule has 0 aliphatic rings. The number of esters is 1. The van der Waals surface area contributed by atoms with Gasteiger partial charge in [-0.2, -0.15) is 13.2 Å². The van der Waals surface area contributed by atoms with E-state index in [0.29, 0.717) is 6.54 Å². The van der Waals surface area contributed by atoms with Gasteiger partial charge in [-0.1, -0.05) is 6.92 Å². The molecule has 0 bridgehead atoms. The van der Waals surface area contributed by atoms with Crippen LogP contribution in [0.3, 0.4) is 0 Å². The van der Waals surface area contributed by atoms with E-state index in [0.717, 1.165) is 6.42 Å². The summed E-state index contributed by atoms with van der Waals surface area (Å²) >= 11 is 0. The van der Waals surface area contributed by atoms with E-state index >= 15 is 0 Å². The number of carbonyl (C=O) groups excluding carboxylic acids is 1. The van der Waals surface area contributed by atoms with Crippen LogP contribution in [-0.4, -0.2) is 45.1 Å². The first-order valence-electron chi connectivity index (χ1n) is 4.86. The SMILES string of the molecule is CCCNC(COCC(F)(F)F)C(=O)OC. The Morgan fingerprint density at radius 1 is 1.44 bits per heavy atom. The number of alkyl halides is 3. The monoisotopic (exact) mass is 243 g/mol. The van der Waals surface area contributed by atoms with Crippen LogP contribution in [0.2, 0.25) is 0 Å². The average molecular weight is 243 g/mol. The van der Waals surface area contributed by atoms with Crippen molar-refractivity contribution in [3.63, 3.8) is 0 Å². The first kappa shape index (κ1) is 15.2. The molecule has 0 aromatic carbocycles. The Bertz CT molecular complexity index is 209. The van der Waals surface area contributed by atoms with Crippen molar-refractivity contribution >= 4 is 5.97 Å². The summed E-state index contributed by atoms with van der Waals surface area (Å²) in [5.74, 6) is -0.629. The molecule has 0 aliphatic carbocycles. The van der Waals surface area contributed by atoms with E-state index < -0.39 is 24.8 Å². The molecule has 0 aliphatic heterocycles. The van der Waals surface area contributed by atoms with E-state index in [9.17, 15) is 18.0 Å². The van der Waals surface area contributed by atoms with Crippen molar-refractivity contribution in [2.24, 2.45) is 0 Å². The lowest BCUT2D eigenvalue weighted by molar-refractivity contribution is -0.178. The summed E-state index contributed by atoms with van der Waals surface area (Å²) in [6.07, 6.45) is -3.63. The molecule has 4 nitrogen and oxygen atoms in total. The maximum Gasteiger partial charge on any atom is 0.411 e. The molecule has 16 heavy (non-hydrogen) atoms. The van der Waals surface area contributed by atoms with Crippen molar-refractivity contribution in [1.29, 1.82) is 0 Å². The number of carbonyl (C=O) groups is 1. The molecule has 0 amide bonds.